The Bertz CT molecular complexity index is 1060. The predicted molar refractivity (Wildman–Crippen MR) is 115 cm³/mol. The molecule has 4 aromatic rings. The molecule has 4 rings (SSSR count). The molecule has 0 unspecified atom stereocenters. The minimum Gasteiger partial charge on any atom is -0.369 e. The maximum Gasteiger partial charge on any atom is 0.136 e. The van der Waals surface area contributed by atoms with Crippen molar-refractivity contribution in [3.8, 4) is 11.1 Å². The Morgan fingerprint density at radius 2 is 1.76 bits per heavy atom. The minimum atomic E-state index is -0.275. The predicted octanol–water partition coefficient (Wildman–Crippen LogP) is 5.66. The van der Waals surface area contributed by atoms with E-state index in [4.69, 9.17) is 16.6 Å². The fraction of sp³-hybridized carbons (Fsp3) is 0.0909. The van der Waals surface area contributed by atoms with Crippen molar-refractivity contribution in [1.82, 2.24) is 15.0 Å². The zero-order valence-corrected chi connectivity index (χ0v) is 16.2. The summed E-state index contributed by atoms with van der Waals surface area (Å²) in [5.74, 6) is 1.14. The van der Waals surface area contributed by atoms with Crippen LogP contribution in [0.25, 0.3) is 11.1 Å². The summed E-state index contributed by atoms with van der Waals surface area (Å²) < 4.78 is 13.1. The summed E-state index contributed by atoms with van der Waals surface area (Å²) in [5, 5.41) is 7.30. The molecule has 5 nitrogen and oxygen atoms in total. The van der Waals surface area contributed by atoms with Gasteiger partial charge < -0.3 is 15.6 Å². The van der Waals surface area contributed by atoms with Gasteiger partial charge in [0.1, 0.15) is 17.5 Å². The quantitative estimate of drug-likeness (QED) is 0.369. The Morgan fingerprint density at radius 1 is 0.966 bits per heavy atom. The van der Waals surface area contributed by atoms with Crippen LogP contribution >= 0.6 is 11.6 Å². The van der Waals surface area contributed by atoms with Gasteiger partial charge in [-0.25, -0.2) is 14.4 Å². The number of rotatable bonds is 7. The number of hydrogen-bond acceptors (Lipinski definition) is 4. The van der Waals surface area contributed by atoms with E-state index < -0.39 is 0 Å². The molecule has 2 heterocycles. The molecule has 0 spiro atoms. The van der Waals surface area contributed by atoms with Gasteiger partial charge in [-0.2, -0.15) is 0 Å². The highest BCUT2D eigenvalue weighted by molar-refractivity contribution is 6.30. The van der Waals surface area contributed by atoms with Crippen LogP contribution in [0.4, 0.5) is 21.7 Å². The lowest BCUT2D eigenvalue weighted by molar-refractivity contribution is 0.628. The zero-order chi connectivity index (χ0) is 20.1. The van der Waals surface area contributed by atoms with Crippen LogP contribution in [-0.4, -0.2) is 21.5 Å². The molecular weight excluding hydrogens is 389 g/mol. The van der Waals surface area contributed by atoms with Crippen molar-refractivity contribution < 1.29 is 4.39 Å². The van der Waals surface area contributed by atoms with Crippen molar-refractivity contribution >= 4 is 28.9 Å². The van der Waals surface area contributed by atoms with E-state index in [0.29, 0.717) is 17.4 Å². The highest BCUT2D eigenvalue weighted by atomic mass is 35.5. The molecule has 0 aliphatic rings. The summed E-state index contributed by atoms with van der Waals surface area (Å²) in [7, 11) is 0. The van der Waals surface area contributed by atoms with E-state index in [0.717, 1.165) is 34.7 Å². The van der Waals surface area contributed by atoms with E-state index in [1.807, 2.05) is 42.6 Å². The van der Waals surface area contributed by atoms with Gasteiger partial charge >= 0.3 is 0 Å². The van der Waals surface area contributed by atoms with Gasteiger partial charge in [0.2, 0.25) is 0 Å². The normalized spacial score (nSPS) is 10.7. The number of nitrogens with one attached hydrogen (secondary N) is 3. The number of pyridine rings is 1. The lowest BCUT2D eigenvalue weighted by Gasteiger charge is -2.14. The van der Waals surface area contributed by atoms with Gasteiger partial charge in [-0.1, -0.05) is 23.7 Å². The number of hydrogen-bond donors (Lipinski definition) is 3. The van der Waals surface area contributed by atoms with Crippen molar-refractivity contribution in [2.75, 3.05) is 17.2 Å². The molecule has 2 aromatic carbocycles. The number of imidazole rings is 1. The van der Waals surface area contributed by atoms with Crippen molar-refractivity contribution in [1.29, 1.82) is 0 Å². The van der Waals surface area contributed by atoms with Crippen LogP contribution in [0.3, 0.4) is 0 Å². The summed E-state index contributed by atoms with van der Waals surface area (Å²) in [6.45, 7) is 0.690. The van der Waals surface area contributed by atoms with E-state index in [1.165, 1.54) is 12.1 Å². The van der Waals surface area contributed by atoms with Crippen LogP contribution in [0, 0.1) is 5.82 Å². The highest BCUT2D eigenvalue weighted by Crippen LogP contribution is 2.30. The lowest BCUT2D eigenvalue weighted by Crippen LogP contribution is -2.09. The smallest absolute Gasteiger partial charge is 0.136 e. The van der Waals surface area contributed by atoms with E-state index in [2.05, 4.69) is 20.6 Å². The second-order valence-electron chi connectivity index (χ2n) is 6.49. The molecule has 3 N–H and O–H groups in total. The minimum absolute atomic E-state index is 0.275. The van der Waals surface area contributed by atoms with Crippen molar-refractivity contribution in [2.24, 2.45) is 0 Å². The maximum atomic E-state index is 13.1. The standard InChI is InChI=1S/C22H19ClFN5/c23-16-3-1-15(2-4-16)20-9-10-21(28-18-7-5-17(24)6-8-18)29-22(20)26-12-11-19-13-25-14-27-19/h1-10,13-14H,11-12H2,(H,25,27)(H2,26,28,29). The average Bonchev–Trinajstić information content (AvgIpc) is 3.24. The number of aromatic amines is 1. The number of halogens is 2. The largest absolute Gasteiger partial charge is 0.369 e. The van der Waals surface area contributed by atoms with Crippen LogP contribution in [0.2, 0.25) is 5.02 Å². The molecule has 0 bridgehead atoms. The third-order valence-electron chi connectivity index (χ3n) is 4.41. The van der Waals surface area contributed by atoms with Crippen LogP contribution in [0.5, 0.6) is 0 Å². The van der Waals surface area contributed by atoms with E-state index >= 15 is 0 Å². The average molecular weight is 408 g/mol. The molecule has 0 amide bonds. The number of nitrogens with zero attached hydrogens (tertiary/aromatic N) is 2. The monoisotopic (exact) mass is 407 g/mol. The molecular formula is C22H19ClFN5. The summed E-state index contributed by atoms with van der Waals surface area (Å²) >= 11 is 6.03. The summed E-state index contributed by atoms with van der Waals surface area (Å²) in [5.41, 5.74) is 3.79. The highest BCUT2D eigenvalue weighted by Gasteiger charge is 2.09. The Labute approximate surface area is 173 Å². The van der Waals surface area contributed by atoms with E-state index in [9.17, 15) is 4.39 Å². The first-order chi connectivity index (χ1) is 14.2. The first-order valence-electron chi connectivity index (χ1n) is 9.18. The number of benzene rings is 2. The van der Waals surface area contributed by atoms with Gasteiger partial charge in [0.15, 0.2) is 0 Å². The van der Waals surface area contributed by atoms with Crippen molar-refractivity contribution in [3.05, 3.63) is 89.7 Å². The molecule has 2 aromatic heterocycles. The summed E-state index contributed by atoms with van der Waals surface area (Å²) in [6, 6.07) is 17.7. The van der Waals surface area contributed by atoms with Gasteiger partial charge in [0.05, 0.1) is 6.33 Å². The summed E-state index contributed by atoms with van der Waals surface area (Å²) in [6.07, 6.45) is 4.26. The van der Waals surface area contributed by atoms with Crippen LogP contribution in [-0.2, 0) is 6.42 Å². The van der Waals surface area contributed by atoms with Gasteiger partial charge in [-0.05, 0) is 54.1 Å². The molecule has 146 valence electrons. The topological polar surface area (TPSA) is 65.6 Å². The third kappa shape index (κ3) is 4.92. The molecule has 0 fully saturated rings. The van der Waals surface area contributed by atoms with Gasteiger partial charge in [-0.3, -0.25) is 0 Å². The molecule has 0 saturated carbocycles. The molecule has 0 aliphatic carbocycles. The molecule has 0 aliphatic heterocycles. The molecule has 0 atom stereocenters. The zero-order valence-electron chi connectivity index (χ0n) is 15.5. The first-order valence-corrected chi connectivity index (χ1v) is 9.56. The van der Waals surface area contributed by atoms with Crippen molar-refractivity contribution in [3.63, 3.8) is 0 Å². The number of anilines is 3. The molecule has 0 radical (unpaired) electrons. The van der Waals surface area contributed by atoms with E-state index in [-0.39, 0.29) is 5.82 Å². The third-order valence-corrected chi connectivity index (χ3v) is 4.66. The Balaban J connectivity index is 1.59. The molecule has 0 saturated heterocycles. The summed E-state index contributed by atoms with van der Waals surface area (Å²) in [4.78, 5) is 11.9. The maximum absolute atomic E-state index is 13.1. The van der Waals surface area contributed by atoms with Gasteiger partial charge in [0, 0.05) is 41.1 Å². The molecule has 7 heteroatoms. The number of H-pyrrole nitrogens is 1. The Kier molecular flexibility index (Phi) is 5.72. The van der Waals surface area contributed by atoms with Crippen LogP contribution in [0.15, 0.2) is 73.2 Å². The van der Waals surface area contributed by atoms with Crippen LogP contribution < -0.4 is 10.6 Å². The first kappa shape index (κ1) is 19.0. The Morgan fingerprint density at radius 3 is 2.48 bits per heavy atom. The second-order valence-corrected chi connectivity index (χ2v) is 6.92. The lowest BCUT2D eigenvalue weighted by atomic mass is 10.1. The second kappa shape index (κ2) is 8.75. The SMILES string of the molecule is Fc1ccc(Nc2ccc(-c3ccc(Cl)cc3)c(NCCc3cnc[nH]3)n2)cc1. The fourth-order valence-corrected chi connectivity index (χ4v) is 3.07. The number of aromatic nitrogens is 3. The van der Waals surface area contributed by atoms with Gasteiger partial charge in [-0.15, -0.1) is 0 Å². The van der Waals surface area contributed by atoms with Crippen molar-refractivity contribution in [2.45, 2.75) is 6.42 Å². The molecule has 29 heavy (non-hydrogen) atoms. The van der Waals surface area contributed by atoms with E-state index in [1.54, 1.807) is 18.5 Å². The van der Waals surface area contributed by atoms with Crippen LogP contribution in [0.1, 0.15) is 5.69 Å². The van der Waals surface area contributed by atoms with Gasteiger partial charge in [0.25, 0.3) is 0 Å². The Hall–Kier alpha value is -3.38. The fourth-order valence-electron chi connectivity index (χ4n) is 2.94.